The normalized spacial score (nSPS) is 14.6. The van der Waals surface area contributed by atoms with E-state index in [1.807, 2.05) is 13.8 Å². The minimum absolute atomic E-state index is 0.0410. The first-order valence-electron chi connectivity index (χ1n) is 5.05. The molecule has 0 spiro atoms. The number of nitrogens with one attached hydrogen (secondary N) is 1. The van der Waals surface area contributed by atoms with Gasteiger partial charge in [-0.1, -0.05) is 6.92 Å². The Hall–Kier alpha value is -0.810. The first-order valence-corrected chi connectivity index (χ1v) is 5.84. The lowest BCUT2D eigenvalue weighted by Gasteiger charge is -2.29. The third-order valence-corrected chi connectivity index (χ3v) is 3.27. The Kier molecular flexibility index (Phi) is 4.15. The van der Waals surface area contributed by atoms with Crippen LogP contribution in [0, 0.1) is 5.82 Å². The van der Waals surface area contributed by atoms with Crippen molar-refractivity contribution in [2.45, 2.75) is 25.8 Å². The Morgan fingerprint density at radius 1 is 1.56 bits per heavy atom. The monoisotopic (exact) mass is 290 g/mol. The lowest BCUT2D eigenvalue weighted by molar-refractivity contribution is 0.219. The van der Waals surface area contributed by atoms with Gasteiger partial charge in [0.15, 0.2) is 0 Å². The summed E-state index contributed by atoms with van der Waals surface area (Å²) in [5.41, 5.74) is 6.22. The molecule has 0 aliphatic heterocycles. The SMILES string of the molecule is CCC(C)(CO)Nc1cc(F)c(Br)cc1N. The molecule has 90 valence electrons. The predicted molar refractivity (Wildman–Crippen MR) is 67.9 cm³/mol. The lowest BCUT2D eigenvalue weighted by atomic mass is 9.99. The third-order valence-electron chi connectivity index (χ3n) is 2.66. The highest BCUT2D eigenvalue weighted by Crippen LogP contribution is 2.29. The summed E-state index contributed by atoms with van der Waals surface area (Å²) < 4.78 is 13.7. The van der Waals surface area contributed by atoms with Crippen molar-refractivity contribution in [2.75, 3.05) is 17.7 Å². The van der Waals surface area contributed by atoms with Crippen LogP contribution in [0.3, 0.4) is 0 Å². The van der Waals surface area contributed by atoms with Gasteiger partial charge in [-0.05, 0) is 35.3 Å². The summed E-state index contributed by atoms with van der Waals surface area (Å²) in [6.07, 6.45) is 0.709. The maximum atomic E-state index is 13.3. The van der Waals surface area contributed by atoms with Crippen LogP contribution in [-0.2, 0) is 0 Å². The van der Waals surface area contributed by atoms with Gasteiger partial charge >= 0.3 is 0 Å². The van der Waals surface area contributed by atoms with Crippen molar-refractivity contribution < 1.29 is 9.50 Å². The van der Waals surface area contributed by atoms with E-state index in [-0.39, 0.29) is 12.4 Å². The molecule has 4 N–H and O–H groups in total. The zero-order valence-corrected chi connectivity index (χ0v) is 10.9. The highest BCUT2D eigenvalue weighted by molar-refractivity contribution is 9.10. The Morgan fingerprint density at radius 2 is 2.19 bits per heavy atom. The molecule has 3 nitrogen and oxygen atoms in total. The second-order valence-electron chi connectivity index (χ2n) is 4.05. The quantitative estimate of drug-likeness (QED) is 0.748. The van der Waals surface area contributed by atoms with E-state index in [1.54, 1.807) is 0 Å². The van der Waals surface area contributed by atoms with Crippen LogP contribution in [0.2, 0.25) is 0 Å². The average Bonchev–Trinajstić information content (AvgIpc) is 2.25. The molecule has 5 heteroatoms. The van der Waals surface area contributed by atoms with Crippen molar-refractivity contribution >= 4 is 27.3 Å². The molecule has 0 fully saturated rings. The summed E-state index contributed by atoms with van der Waals surface area (Å²) in [4.78, 5) is 0. The largest absolute Gasteiger partial charge is 0.397 e. The van der Waals surface area contributed by atoms with Crippen LogP contribution in [0.25, 0.3) is 0 Å². The van der Waals surface area contributed by atoms with Crippen molar-refractivity contribution in [1.82, 2.24) is 0 Å². The minimum atomic E-state index is -0.492. The first kappa shape index (κ1) is 13.3. The van der Waals surface area contributed by atoms with Crippen LogP contribution in [-0.4, -0.2) is 17.3 Å². The predicted octanol–water partition coefficient (Wildman–Crippen LogP) is 2.74. The van der Waals surface area contributed by atoms with Gasteiger partial charge in [0, 0.05) is 6.07 Å². The van der Waals surface area contributed by atoms with Crippen LogP contribution >= 0.6 is 15.9 Å². The van der Waals surface area contributed by atoms with E-state index in [4.69, 9.17) is 5.73 Å². The summed E-state index contributed by atoms with van der Waals surface area (Å²) in [6, 6.07) is 2.83. The highest BCUT2D eigenvalue weighted by Gasteiger charge is 2.21. The maximum absolute atomic E-state index is 13.3. The van der Waals surface area contributed by atoms with E-state index in [0.29, 0.717) is 22.3 Å². The number of anilines is 2. The standard InChI is InChI=1S/C11H16BrFN2O/c1-3-11(2,6-16)15-10-5-8(13)7(12)4-9(10)14/h4-5,15-16H,3,6,14H2,1-2H3. The van der Waals surface area contributed by atoms with Crippen LogP contribution in [0.4, 0.5) is 15.8 Å². The van der Waals surface area contributed by atoms with Gasteiger partial charge in [0.1, 0.15) is 5.82 Å². The molecule has 0 aliphatic rings. The molecule has 0 aromatic heterocycles. The molecule has 1 atom stereocenters. The highest BCUT2D eigenvalue weighted by atomic mass is 79.9. The molecule has 1 rings (SSSR count). The summed E-state index contributed by atoms with van der Waals surface area (Å²) in [6.45, 7) is 3.75. The molecule has 1 unspecified atom stereocenters. The summed E-state index contributed by atoms with van der Waals surface area (Å²) in [7, 11) is 0. The van der Waals surface area contributed by atoms with Crippen molar-refractivity contribution in [3.05, 3.63) is 22.4 Å². The summed E-state index contributed by atoms with van der Waals surface area (Å²) >= 11 is 3.06. The number of hydrogen-bond donors (Lipinski definition) is 3. The van der Waals surface area contributed by atoms with E-state index in [2.05, 4.69) is 21.2 Å². The fourth-order valence-corrected chi connectivity index (χ4v) is 1.60. The number of nitrogens with two attached hydrogens (primary N) is 1. The molecule has 1 aromatic rings. The molecular weight excluding hydrogens is 275 g/mol. The molecular formula is C11H16BrFN2O. The van der Waals surface area contributed by atoms with Gasteiger partial charge in [0.2, 0.25) is 0 Å². The number of halogens is 2. The maximum Gasteiger partial charge on any atom is 0.139 e. The molecule has 0 amide bonds. The lowest BCUT2D eigenvalue weighted by Crippen LogP contribution is -2.38. The van der Waals surface area contributed by atoms with Crippen LogP contribution in [0.15, 0.2) is 16.6 Å². The number of benzene rings is 1. The number of hydrogen-bond acceptors (Lipinski definition) is 3. The second kappa shape index (κ2) is 5.01. The Labute approximate surface area is 103 Å². The summed E-state index contributed by atoms with van der Waals surface area (Å²) in [5, 5.41) is 12.3. The average molecular weight is 291 g/mol. The molecule has 0 radical (unpaired) electrons. The van der Waals surface area contributed by atoms with Crippen LogP contribution in [0.1, 0.15) is 20.3 Å². The van der Waals surface area contributed by atoms with Crippen LogP contribution < -0.4 is 11.1 Å². The molecule has 0 aliphatic carbocycles. The topological polar surface area (TPSA) is 58.3 Å². The Balaban J connectivity index is 3.01. The van der Waals surface area contributed by atoms with E-state index < -0.39 is 5.54 Å². The summed E-state index contributed by atoms with van der Waals surface area (Å²) in [5.74, 6) is -0.381. The van der Waals surface area contributed by atoms with Crippen molar-refractivity contribution in [3.8, 4) is 0 Å². The van der Waals surface area contributed by atoms with Gasteiger partial charge < -0.3 is 16.2 Å². The molecule has 16 heavy (non-hydrogen) atoms. The zero-order valence-electron chi connectivity index (χ0n) is 9.35. The number of aliphatic hydroxyl groups excluding tert-OH is 1. The van der Waals surface area contributed by atoms with Crippen LogP contribution in [0.5, 0.6) is 0 Å². The van der Waals surface area contributed by atoms with E-state index in [9.17, 15) is 9.50 Å². The van der Waals surface area contributed by atoms with Gasteiger partial charge in [-0.15, -0.1) is 0 Å². The van der Waals surface area contributed by atoms with E-state index in [0.717, 1.165) is 0 Å². The van der Waals surface area contributed by atoms with Crippen molar-refractivity contribution in [3.63, 3.8) is 0 Å². The van der Waals surface area contributed by atoms with Gasteiger partial charge in [-0.25, -0.2) is 4.39 Å². The van der Waals surface area contributed by atoms with Gasteiger partial charge in [-0.2, -0.15) is 0 Å². The van der Waals surface area contributed by atoms with E-state index in [1.165, 1.54) is 12.1 Å². The fourth-order valence-electron chi connectivity index (χ4n) is 1.24. The fraction of sp³-hybridized carbons (Fsp3) is 0.455. The molecule has 0 bridgehead atoms. The van der Waals surface area contributed by atoms with Crippen molar-refractivity contribution in [1.29, 1.82) is 0 Å². The van der Waals surface area contributed by atoms with Crippen molar-refractivity contribution in [2.24, 2.45) is 0 Å². The molecule has 0 heterocycles. The molecule has 1 aromatic carbocycles. The Bertz CT molecular complexity index is 380. The number of aliphatic hydroxyl groups is 1. The minimum Gasteiger partial charge on any atom is -0.397 e. The van der Waals surface area contributed by atoms with E-state index >= 15 is 0 Å². The third kappa shape index (κ3) is 2.86. The molecule has 0 saturated carbocycles. The second-order valence-corrected chi connectivity index (χ2v) is 4.91. The molecule has 0 saturated heterocycles. The first-order chi connectivity index (χ1) is 7.41. The number of rotatable bonds is 4. The van der Waals surface area contributed by atoms with Gasteiger partial charge in [0.05, 0.1) is 28.0 Å². The number of nitrogen functional groups attached to an aromatic ring is 1. The smallest absolute Gasteiger partial charge is 0.139 e. The van der Waals surface area contributed by atoms with Gasteiger partial charge in [-0.3, -0.25) is 0 Å². The van der Waals surface area contributed by atoms with Gasteiger partial charge in [0.25, 0.3) is 0 Å². The Morgan fingerprint density at radius 3 is 2.69 bits per heavy atom. The zero-order chi connectivity index (χ0) is 12.3.